The van der Waals surface area contributed by atoms with E-state index in [0.29, 0.717) is 36.8 Å². The van der Waals surface area contributed by atoms with Crippen molar-refractivity contribution in [3.8, 4) is 22.5 Å². The Hall–Kier alpha value is -8.44. The molecule has 0 saturated carbocycles. The van der Waals surface area contributed by atoms with Gasteiger partial charge in [-0.3, -0.25) is 20.0 Å². The van der Waals surface area contributed by atoms with Crippen molar-refractivity contribution in [2.24, 2.45) is 5.73 Å². The minimum Gasteiger partial charge on any atom is -0.477 e. The number of nitrogens with one attached hydrogen (secondary N) is 5. The fourth-order valence-corrected chi connectivity index (χ4v) is 6.88. The van der Waals surface area contributed by atoms with Gasteiger partial charge in [0.2, 0.25) is 0 Å². The van der Waals surface area contributed by atoms with E-state index in [1.807, 2.05) is 48.5 Å². The fraction of sp³-hybridized carbons (Fsp3) is 0.0909. The van der Waals surface area contributed by atoms with Gasteiger partial charge in [0.1, 0.15) is 23.0 Å². The molecule has 8 aromatic heterocycles. The number of anilines is 2. The molecule has 10 rings (SSSR count). The van der Waals surface area contributed by atoms with Crippen LogP contribution >= 0.6 is 0 Å². The Morgan fingerprint density at radius 2 is 1.13 bits per heavy atom. The topological polar surface area (TPSA) is 285 Å². The lowest BCUT2D eigenvalue weighted by Gasteiger charge is -2.05. The van der Waals surface area contributed by atoms with Gasteiger partial charge in [-0.2, -0.15) is 10.2 Å². The third-order valence-corrected chi connectivity index (χ3v) is 9.81. The first-order valence-corrected chi connectivity index (χ1v) is 19.2. The summed E-state index contributed by atoms with van der Waals surface area (Å²) in [5, 5.41) is 29.0. The molecule has 17 nitrogen and oxygen atoms in total. The SMILES string of the molecule is NCCc1cc2c(N)nc3cc(-c4ccn[nH]4)ccc3c2[nH]1.Nc1nc2cc(-c3ccn[nH]3)ccc2c2[nH]c(CCNC(=O)c3ccccn3)cc12.O=C(O)c1ccccn1. The summed E-state index contributed by atoms with van der Waals surface area (Å²) in [7, 11) is 0. The van der Waals surface area contributed by atoms with Crippen LogP contribution in [0.4, 0.5) is 11.6 Å². The number of carbonyl (C=O) groups excluding carboxylic acids is 1. The highest BCUT2D eigenvalue weighted by molar-refractivity contribution is 6.10. The first-order valence-electron chi connectivity index (χ1n) is 19.2. The highest BCUT2D eigenvalue weighted by atomic mass is 16.4. The van der Waals surface area contributed by atoms with Crippen molar-refractivity contribution < 1.29 is 14.7 Å². The Labute approximate surface area is 346 Å². The maximum absolute atomic E-state index is 12.1. The maximum Gasteiger partial charge on any atom is 0.354 e. The molecule has 0 aliphatic carbocycles. The van der Waals surface area contributed by atoms with Crippen LogP contribution < -0.4 is 22.5 Å². The monoisotopic (exact) mass is 812 g/mol. The Balaban J connectivity index is 0.000000144. The predicted octanol–water partition coefficient (Wildman–Crippen LogP) is 6.03. The molecule has 10 aromatic rings. The molecule has 0 aliphatic heterocycles. The van der Waals surface area contributed by atoms with Gasteiger partial charge in [-0.25, -0.2) is 19.7 Å². The molecule has 61 heavy (non-hydrogen) atoms. The van der Waals surface area contributed by atoms with Crippen molar-refractivity contribution in [1.29, 1.82) is 0 Å². The standard InChI is InChI=1S/C22H19N7O.C16H16N6.C6H5NO2/c23-21-16-12-14(6-9-25-22(30)18-3-1-2-8-24-18)27-20(16)15-5-4-13(11-19(15)28-21)17-7-10-26-29-17;17-5-3-10-8-12-15(20-10)11-2-1-9(13-4-6-19-22-13)7-14(11)21-16(12)18;8-6(9)5-3-1-2-4-7-5/h1-5,7-8,10-12,27H,6,9H2,(H2,23,28)(H,25,30)(H,26,29);1-2,4,6-8,20H,3,5,17H2,(H2,18,21)(H,19,22);1-4H,(H,8,9). The number of nitrogens with two attached hydrogens (primary N) is 3. The van der Waals surface area contributed by atoms with E-state index in [0.717, 1.165) is 83.9 Å². The number of hydrogen-bond acceptors (Lipinski definition) is 11. The lowest BCUT2D eigenvalue weighted by Crippen LogP contribution is -2.26. The Kier molecular flexibility index (Phi) is 11.4. The molecule has 0 saturated heterocycles. The van der Waals surface area contributed by atoms with Crippen LogP contribution in [0.3, 0.4) is 0 Å². The number of nitrogens with zero attached hydrogens (tertiary/aromatic N) is 6. The van der Waals surface area contributed by atoms with Gasteiger partial charge in [0.15, 0.2) is 0 Å². The molecule has 12 N–H and O–H groups in total. The number of fused-ring (bicyclic) bond motifs is 6. The lowest BCUT2D eigenvalue weighted by atomic mass is 10.1. The Morgan fingerprint density at radius 3 is 1.57 bits per heavy atom. The van der Waals surface area contributed by atoms with Crippen LogP contribution in [0.5, 0.6) is 0 Å². The van der Waals surface area contributed by atoms with Gasteiger partial charge in [-0.1, -0.05) is 36.4 Å². The first-order chi connectivity index (χ1) is 29.7. The highest BCUT2D eigenvalue weighted by Gasteiger charge is 2.14. The van der Waals surface area contributed by atoms with Gasteiger partial charge < -0.3 is 37.6 Å². The molecule has 2 aromatic carbocycles. The van der Waals surface area contributed by atoms with Gasteiger partial charge in [0.25, 0.3) is 5.91 Å². The van der Waals surface area contributed by atoms with E-state index in [9.17, 15) is 9.59 Å². The van der Waals surface area contributed by atoms with E-state index in [1.165, 1.54) is 12.3 Å². The van der Waals surface area contributed by atoms with Crippen molar-refractivity contribution in [3.63, 3.8) is 0 Å². The smallest absolute Gasteiger partial charge is 0.354 e. The summed E-state index contributed by atoms with van der Waals surface area (Å²) in [5.41, 5.74) is 28.1. The summed E-state index contributed by atoms with van der Waals surface area (Å²) < 4.78 is 0. The zero-order valence-electron chi connectivity index (χ0n) is 32.6. The summed E-state index contributed by atoms with van der Waals surface area (Å²) in [5.74, 6) is -0.177. The summed E-state index contributed by atoms with van der Waals surface area (Å²) in [6.45, 7) is 1.08. The van der Waals surface area contributed by atoms with Crippen molar-refractivity contribution in [1.82, 2.24) is 55.6 Å². The number of hydrogen-bond donors (Lipinski definition) is 9. The van der Waals surface area contributed by atoms with Crippen molar-refractivity contribution in [2.75, 3.05) is 24.6 Å². The molecule has 304 valence electrons. The summed E-state index contributed by atoms with van der Waals surface area (Å²) >= 11 is 0. The average molecular weight is 813 g/mol. The zero-order chi connectivity index (χ0) is 42.3. The van der Waals surface area contributed by atoms with E-state index in [-0.39, 0.29) is 11.6 Å². The first kappa shape index (κ1) is 39.4. The van der Waals surface area contributed by atoms with Gasteiger partial charge in [-0.05, 0) is 73.6 Å². The van der Waals surface area contributed by atoms with Crippen LogP contribution in [0.2, 0.25) is 0 Å². The number of amides is 1. The minimum atomic E-state index is -0.990. The van der Waals surface area contributed by atoms with Crippen LogP contribution in [-0.2, 0) is 12.8 Å². The van der Waals surface area contributed by atoms with E-state index in [4.69, 9.17) is 22.3 Å². The second kappa shape index (κ2) is 17.6. The van der Waals surface area contributed by atoms with Crippen LogP contribution in [0.25, 0.3) is 66.1 Å². The van der Waals surface area contributed by atoms with Crippen LogP contribution in [0.1, 0.15) is 32.4 Å². The van der Waals surface area contributed by atoms with E-state index in [1.54, 1.807) is 48.9 Å². The molecule has 0 atom stereocenters. The van der Waals surface area contributed by atoms with Crippen LogP contribution in [0.15, 0.2) is 122 Å². The number of carboxylic acid groups (broad SMARTS) is 1. The number of rotatable bonds is 9. The average Bonchev–Trinajstić information content (AvgIpc) is 4.13. The van der Waals surface area contributed by atoms with Crippen molar-refractivity contribution >= 4 is 67.1 Å². The molecular weight excluding hydrogens is 773 g/mol. The van der Waals surface area contributed by atoms with Gasteiger partial charge in [0, 0.05) is 81.8 Å². The molecule has 0 radical (unpaired) electrons. The molecule has 0 aliphatic rings. The second-order valence-corrected chi connectivity index (χ2v) is 13.8. The zero-order valence-corrected chi connectivity index (χ0v) is 32.6. The second-order valence-electron chi connectivity index (χ2n) is 13.8. The third kappa shape index (κ3) is 8.71. The quantitative estimate of drug-likeness (QED) is 0.0808. The molecular formula is C44H40N14O3. The third-order valence-electron chi connectivity index (χ3n) is 9.81. The van der Waals surface area contributed by atoms with E-state index in [2.05, 4.69) is 67.7 Å². The molecule has 0 bridgehead atoms. The van der Waals surface area contributed by atoms with Crippen LogP contribution in [0, 0.1) is 0 Å². The number of pyridine rings is 4. The van der Waals surface area contributed by atoms with Crippen LogP contribution in [-0.4, -0.2) is 80.4 Å². The number of H-pyrrole nitrogens is 4. The highest BCUT2D eigenvalue weighted by Crippen LogP contribution is 2.32. The molecule has 1 amide bonds. The minimum absolute atomic E-state index is 0.0810. The molecule has 0 fully saturated rings. The van der Waals surface area contributed by atoms with E-state index < -0.39 is 5.97 Å². The normalized spacial score (nSPS) is 11.0. The lowest BCUT2D eigenvalue weighted by molar-refractivity contribution is 0.0690. The molecule has 0 unspecified atom stereocenters. The Morgan fingerprint density at radius 1 is 0.607 bits per heavy atom. The number of carbonyl (C=O) groups is 2. The van der Waals surface area contributed by atoms with Crippen molar-refractivity contribution in [3.05, 3.63) is 145 Å². The number of nitrogen functional groups attached to an aromatic ring is 2. The van der Waals surface area contributed by atoms with Crippen molar-refractivity contribution in [2.45, 2.75) is 12.8 Å². The van der Waals surface area contributed by atoms with Gasteiger partial charge >= 0.3 is 5.97 Å². The number of aromatic amines is 4. The predicted molar refractivity (Wildman–Crippen MR) is 235 cm³/mol. The maximum atomic E-state index is 12.1. The summed E-state index contributed by atoms with van der Waals surface area (Å²) in [4.78, 5) is 45.9. The largest absolute Gasteiger partial charge is 0.477 e. The number of benzene rings is 2. The van der Waals surface area contributed by atoms with Gasteiger partial charge in [0.05, 0.1) is 33.5 Å². The number of aromatic carboxylic acids is 1. The van der Waals surface area contributed by atoms with E-state index >= 15 is 0 Å². The Bertz CT molecular complexity index is 3090. The number of aromatic nitrogens is 10. The summed E-state index contributed by atoms with van der Waals surface area (Å²) in [6.07, 6.45) is 7.93. The molecule has 8 heterocycles. The molecule has 17 heteroatoms. The number of carboxylic acids is 1. The molecule has 0 spiro atoms. The van der Waals surface area contributed by atoms with Gasteiger partial charge in [-0.15, -0.1) is 0 Å². The summed E-state index contributed by atoms with van der Waals surface area (Å²) in [6, 6.07) is 30.1. The fourth-order valence-electron chi connectivity index (χ4n) is 6.88.